The molecule has 0 aliphatic rings. The van der Waals surface area contributed by atoms with Gasteiger partial charge < -0.3 is 19.0 Å². The number of furan rings is 1. The fraction of sp³-hybridized carbons (Fsp3) is 0.250. The second-order valence-electron chi connectivity index (χ2n) is 3.40. The number of benzene rings is 1. The highest BCUT2D eigenvalue weighted by molar-refractivity contribution is 5.97. The van der Waals surface area contributed by atoms with Crippen LogP contribution in [0.25, 0.3) is 11.0 Å². The first-order valence-electron chi connectivity index (χ1n) is 5.10. The van der Waals surface area contributed by atoms with Crippen molar-refractivity contribution in [3.8, 4) is 5.75 Å². The van der Waals surface area contributed by atoms with Crippen LogP contribution >= 0.6 is 0 Å². The highest BCUT2D eigenvalue weighted by Gasteiger charge is 2.20. The summed E-state index contributed by atoms with van der Waals surface area (Å²) in [6.07, 6.45) is 0. The van der Waals surface area contributed by atoms with Gasteiger partial charge in [0.2, 0.25) is 0 Å². The lowest BCUT2D eigenvalue weighted by Crippen LogP contribution is -2.06. The van der Waals surface area contributed by atoms with Crippen molar-refractivity contribution in [1.82, 2.24) is 0 Å². The van der Waals surface area contributed by atoms with E-state index in [1.54, 1.807) is 31.4 Å². The van der Waals surface area contributed by atoms with Gasteiger partial charge in [0, 0.05) is 7.11 Å². The zero-order chi connectivity index (χ0) is 12.3. The van der Waals surface area contributed by atoms with E-state index >= 15 is 0 Å². The molecule has 0 radical (unpaired) electrons. The molecule has 90 valence electrons. The molecule has 1 heterocycles. The first-order chi connectivity index (χ1) is 8.24. The lowest BCUT2D eigenvalue weighted by atomic mass is 10.2. The SMILES string of the molecule is COCCOc1c(C(=O)O)oc2ccccc12. The topological polar surface area (TPSA) is 68.9 Å². The van der Waals surface area contributed by atoms with Crippen LogP contribution in [0.1, 0.15) is 10.6 Å². The summed E-state index contributed by atoms with van der Waals surface area (Å²) in [5.41, 5.74) is 0.498. The maximum atomic E-state index is 11.0. The molecular formula is C12H12O5. The summed E-state index contributed by atoms with van der Waals surface area (Å²) < 4.78 is 15.5. The quantitative estimate of drug-likeness (QED) is 0.805. The van der Waals surface area contributed by atoms with Crippen molar-refractivity contribution in [3.63, 3.8) is 0 Å². The van der Waals surface area contributed by atoms with Gasteiger partial charge in [0.05, 0.1) is 12.0 Å². The van der Waals surface area contributed by atoms with Crippen molar-refractivity contribution in [2.75, 3.05) is 20.3 Å². The average molecular weight is 236 g/mol. The molecule has 1 aromatic carbocycles. The third-order valence-corrected chi connectivity index (χ3v) is 2.28. The van der Waals surface area contributed by atoms with E-state index < -0.39 is 5.97 Å². The fourth-order valence-electron chi connectivity index (χ4n) is 1.53. The number of ether oxygens (including phenoxy) is 2. The molecule has 17 heavy (non-hydrogen) atoms. The predicted molar refractivity (Wildman–Crippen MR) is 60.5 cm³/mol. The van der Waals surface area contributed by atoms with Crippen molar-refractivity contribution in [1.29, 1.82) is 0 Å². The lowest BCUT2D eigenvalue weighted by Gasteiger charge is -2.03. The molecule has 0 saturated heterocycles. The molecule has 0 spiro atoms. The first-order valence-corrected chi connectivity index (χ1v) is 5.10. The Labute approximate surface area is 97.6 Å². The number of fused-ring (bicyclic) bond motifs is 1. The van der Waals surface area contributed by atoms with E-state index in [0.29, 0.717) is 17.6 Å². The largest absolute Gasteiger partial charge is 0.486 e. The van der Waals surface area contributed by atoms with Gasteiger partial charge in [0.25, 0.3) is 5.76 Å². The molecule has 0 aliphatic carbocycles. The normalized spacial score (nSPS) is 10.6. The van der Waals surface area contributed by atoms with Crippen LogP contribution in [-0.4, -0.2) is 31.4 Å². The summed E-state index contributed by atoms with van der Waals surface area (Å²) in [7, 11) is 1.55. The first kappa shape index (κ1) is 11.5. The lowest BCUT2D eigenvalue weighted by molar-refractivity contribution is 0.0655. The molecule has 0 bridgehead atoms. The molecule has 5 nitrogen and oxygen atoms in total. The van der Waals surface area contributed by atoms with E-state index in [2.05, 4.69) is 0 Å². The summed E-state index contributed by atoms with van der Waals surface area (Å²) in [5.74, 6) is -1.07. The number of rotatable bonds is 5. The second kappa shape index (κ2) is 4.88. The molecule has 0 atom stereocenters. The van der Waals surface area contributed by atoms with Crippen LogP contribution in [0.2, 0.25) is 0 Å². The summed E-state index contributed by atoms with van der Waals surface area (Å²) in [6.45, 7) is 0.666. The molecule has 0 aliphatic heterocycles. The fourth-order valence-corrected chi connectivity index (χ4v) is 1.53. The van der Waals surface area contributed by atoms with Crippen LogP contribution in [-0.2, 0) is 4.74 Å². The van der Waals surface area contributed by atoms with Crippen molar-refractivity contribution in [2.45, 2.75) is 0 Å². The van der Waals surface area contributed by atoms with Crippen LogP contribution in [0.15, 0.2) is 28.7 Å². The van der Waals surface area contributed by atoms with Gasteiger partial charge in [-0.15, -0.1) is 0 Å². The van der Waals surface area contributed by atoms with Crippen molar-refractivity contribution >= 4 is 16.9 Å². The number of hydrogen-bond acceptors (Lipinski definition) is 4. The molecule has 1 aromatic heterocycles. The van der Waals surface area contributed by atoms with E-state index in [0.717, 1.165) is 0 Å². The molecule has 2 aromatic rings. The van der Waals surface area contributed by atoms with Crippen LogP contribution in [0.4, 0.5) is 0 Å². The van der Waals surface area contributed by atoms with Gasteiger partial charge in [-0.25, -0.2) is 4.79 Å². The smallest absolute Gasteiger partial charge is 0.375 e. The van der Waals surface area contributed by atoms with Crippen molar-refractivity contribution < 1.29 is 23.8 Å². The number of para-hydroxylation sites is 1. The minimum atomic E-state index is -1.14. The Kier molecular flexibility index (Phi) is 3.30. The number of hydrogen-bond donors (Lipinski definition) is 1. The van der Waals surface area contributed by atoms with Crippen LogP contribution in [0.5, 0.6) is 5.75 Å². The molecule has 0 amide bonds. The average Bonchev–Trinajstić information content (AvgIpc) is 2.69. The van der Waals surface area contributed by atoms with E-state index in [-0.39, 0.29) is 18.1 Å². The molecular weight excluding hydrogens is 224 g/mol. The minimum absolute atomic E-state index is 0.178. The standard InChI is InChI=1S/C12H12O5/c1-15-6-7-16-10-8-4-2-3-5-9(8)17-11(10)12(13)14/h2-5H,6-7H2,1H3,(H,13,14). The van der Waals surface area contributed by atoms with Gasteiger partial charge in [-0.2, -0.15) is 0 Å². The summed E-state index contributed by atoms with van der Waals surface area (Å²) >= 11 is 0. The van der Waals surface area contributed by atoms with E-state index in [9.17, 15) is 4.79 Å². The molecule has 5 heteroatoms. The monoisotopic (exact) mass is 236 g/mol. The van der Waals surface area contributed by atoms with Crippen LogP contribution in [0, 0.1) is 0 Å². The van der Waals surface area contributed by atoms with Gasteiger partial charge in [-0.1, -0.05) is 12.1 Å². The number of methoxy groups -OCH3 is 1. The van der Waals surface area contributed by atoms with Gasteiger partial charge in [0.15, 0.2) is 5.75 Å². The number of carboxylic acid groups (broad SMARTS) is 1. The Morgan fingerprint density at radius 2 is 2.12 bits per heavy atom. The second-order valence-corrected chi connectivity index (χ2v) is 3.40. The minimum Gasteiger partial charge on any atom is -0.486 e. The Bertz CT molecular complexity index is 529. The van der Waals surface area contributed by atoms with Crippen molar-refractivity contribution in [3.05, 3.63) is 30.0 Å². The van der Waals surface area contributed by atoms with Gasteiger partial charge in [0.1, 0.15) is 12.2 Å². The highest BCUT2D eigenvalue weighted by Crippen LogP contribution is 2.32. The Morgan fingerprint density at radius 1 is 1.35 bits per heavy atom. The molecule has 2 rings (SSSR count). The van der Waals surface area contributed by atoms with Gasteiger partial charge in [-0.05, 0) is 12.1 Å². The highest BCUT2D eigenvalue weighted by atomic mass is 16.5. The van der Waals surface area contributed by atoms with E-state index in [1.807, 2.05) is 0 Å². The Morgan fingerprint density at radius 3 is 2.82 bits per heavy atom. The molecule has 0 saturated carbocycles. The van der Waals surface area contributed by atoms with Crippen molar-refractivity contribution in [2.24, 2.45) is 0 Å². The summed E-state index contributed by atoms with van der Waals surface area (Å²) in [6, 6.07) is 7.03. The number of aromatic carboxylic acids is 1. The van der Waals surface area contributed by atoms with Crippen LogP contribution < -0.4 is 4.74 Å². The van der Waals surface area contributed by atoms with E-state index in [1.165, 1.54) is 0 Å². The maximum Gasteiger partial charge on any atom is 0.375 e. The number of carbonyl (C=O) groups is 1. The molecule has 0 unspecified atom stereocenters. The Hall–Kier alpha value is -2.01. The third-order valence-electron chi connectivity index (χ3n) is 2.28. The zero-order valence-corrected chi connectivity index (χ0v) is 9.30. The summed E-state index contributed by atoms with van der Waals surface area (Å²) in [5, 5.41) is 9.67. The maximum absolute atomic E-state index is 11.0. The summed E-state index contributed by atoms with van der Waals surface area (Å²) in [4.78, 5) is 11.0. The van der Waals surface area contributed by atoms with Crippen LogP contribution in [0.3, 0.4) is 0 Å². The van der Waals surface area contributed by atoms with Gasteiger partial charge in [-0.3, -0.25) is 0 Å². The van der Waals surface area contributed by atoms with E-state index in [4.69, 9.17) is 19.0 Å². The third kappa shape index (κ3) is 2.24. The number of carboxylic acids is 1. The predicted octanol–water partition coefficient (Wildman–Crippen LogP) is 2.16. The molecule has 0 fully saturated rings. The molecule has 1 N–H and O–H groups in total. The Balaban J connectivity index is 2.41. The van der Waals surface area contributed by atoms with Gasteiger partial charge >= 0.3 is 5.97 Å². The zero-order valence-electron chi connectivity index (χ0n) is 9.30.